The lowest BCUT2D eigenvalue weighted by atomic mass is 9.96. The Morgan fingerprint density at radius 1 is 1.27 bits per heavy atom. The molecule has 22 heavy (non-hydrogen) atoms. The van der Waals surface area contributed by atoms with Crippen molar-refractivity contribution in [2.24, 2.45) is 5.92 Å². The number of hydrogen-bond acceptors (Lipinski definition) is 5. The van der Waals surface area contributed by atoms with E-state index in [1.807, 2.05) is 27.7 Å². The smallest absolute Gasteiger partial charge is 0.410 e. The number of esters is 1. The third-order valence-electron chi connectivity index (χ3n) is 3.81. The number of methoxy groups -OCH3 is 1. The van der Waals surface area contributed by atoms with E-state index in [1.54, 1.807) is 4.90 Å². The van der Waals surface area contributed by atoms with Gasteiger partial charge in [0.05, 0.1) is 7.11 Å². The Morgan fingerprint density at radius 3 is 2.32 bits per heavy atom. The molecule has 1 rings (SSSR count). The number of carbonyl (C=O) groups is 2. The van der Waals surface area contributed by atoms with Gasteiger partial charge < -0.3 is 19.7 Å². The molecule has 1 fully saturated rings. The molecule has 1 amide bonds. The number of likely N-dealkylation sites (tertiary alicyclic amines) is 1. The number of amides is 1. The van der Waals surface area contributed by atoms with Crippen molar-refractivity contribution in [1.29, 1.82) is 0 Å². The highest BCUT2D eigenvalue weighted by atomic mass is 16.6. The number of nitrogens with one attached hydrogen (secondary N) is 1. The minimum atomic E-state index is -0.454. The zero-order valence-electron chi connectivity index (χ0n) is 14.5. The minimum Gasteiger partial charge on any atom is -0.468 e. The Hall–Kier alpha value is -1.30. The summed E-state index contributed by atoms with van der Waals surface area (Å²) in [6.07, 6.45) is 2.32. The average Bonchev–Trinajstić information content (AvgIpc) is 2.46. The third kappa shape index (κ3) is 6.22. The molecule has 0 aliphatic carbocycles. The Labute approximate surface area is 133 Å². The topological polar surface area (TPSA) is 67.9 Å². The number of ether oxygens (including phenoxy) is 2. The van der Waals surface area contributed by atoms with Gasteiger partial charge in [-0.3, -0.25) is 4.79 Å². The summed E-state index contributed by atoms with van der Waals surface area (Å²) in [5, 5.41) is 3.26. The van der Waals surface area contributed by atoms with Gasteiger partial charge in [-0.25, -0.2) is 4.79 Å². The van der Waals surface area contributed by atoms with E-state index in [4.69, 9.17) is 9.47 Å². The maximum atomic E-state index is 12.0. The monoisotopic (exact) mass is 314 g/mol. The zero-order valence-corrected chi connectivity index (χ0v) is 14.5. The van der Waals surface area contributed by atoms with Gasteiger partial charge in [-0.1, -0.05) is 6.92 Å². The van der Waals surface area contributed by atoms with E-state index >= 15 is 0 Å². The second-order valence-electron chi connectivity index (χ2n) is 6.80. The molecule has 0 bridgehead atoms. The van der Waals surface area contributed by atoms with Gasteiger partial charge in [-0.05, 0) is 52.5 Å². The third-order valence-corrected chi connectivity index (χ3v) is 3.81. The Morgan fingerprint density at radius 2 is 1.86 bits per heavy atom. The lowest BCUT2D eigenvalue weighted by Gasteiger charge is -2.33. The first-order valence-corrected chi connectivity index (χ1v) is 8.06. The van der Waals surface area contributed by atoms with E-state index in [1.165, 1.54) is 7.11 Å². The van der Waals surface area contributed by atoms with Crippen LogP contribution in [0, 0.1) is 5.92 Å². The highest BCUT2D eigenvalue weighted by Gasteiger charge is 2.27. The van der Waals surface area contributed by atoms with Crippen LogP contribution in [0.25, 0.3) is 0 Å². The van der Waals surface area contributed by atoms with Crippen LogP contribution in [0.15, 0.2) is 0 Å². The second-order valence-corrected chi connectivity index (χ2v) is 6.80. The predicted molar refractivity (Wildman–Crippen MR) is 84.6 cm³/mol. The molecule has 1 heterocycles. The molecule has 1 aliphatic heterocycles. The molecule has 1 N–H and O–H groups in total. The van der Waals surface area contributed by atoms with E-state index in [0.29, 0.717) is 25.4 Å². The fourth-order valence-electron chi connectivity index (χ4n) is 2.49. The van der Waals surface area contributed by atoms with Crippen LogP contribution < -0.4 is 5.32 Å². The first kappa shape index (κ1) is 18.7. The lowest BCUT2D eigenvalue weighted by molar-refractivity contribution is -0.143. The van der Waals surface area contributed by atoms with Crippen LogP contribution in [0.4, 0.5) is 4.79 Å². The average molecular weight is 314 g/mol. The predicted octanol–water partition coefficient (Wildman–Crippen LogP) is 2.17. The van der Waals surface area contributed by atoms with Gasteiger partial charge in [-0.2, -0.15) is 0 Å². The molecule has 1 unspecified atom stereocenters. The number of rotatable bonds is 5. The van der Waals surface area contributed by atoms with Crippen molar-refractivity contribution in [3.8, 4) is 0 Å². The van der Waals surface area contributed by atoms with E-state index in [-0.39, 0.29) is 18.1 Å². The summed E-state index contributed by atoms with van der Waals surface area (Å²) in [6.45, 7) is 9.76. The molecule has 1 atom stereocenters. The quantitative estimate of drug-likeness (QED) is 0.788. The highest BCUT2D eigenvalue weighted by Crippen LogP contribution is 2.19. The van der Waals surface area contributed by atoms with E-state index in [9.17, 15) is 9.59 Å². The number of hydrogen-bond donors (Lipinski definition) is 1. The van der Waals surface area contributed by atoms with Gasteiger partial charge in [0.1, 0.15) is 11.6 Å². The number of piperidine rings is 1. The maximum absolute atomic E-state index is 12.0. The SMILES string of the molecule is CCC(NCC1CCN(C(=O)OC(C)(C)C)CC1)C(=O)OC. The van der Waals surface area contributed by atoms with Gasteiger partial charge in [0, 0.05) is 13.1 Å². The molecular formula is C16H30N2O4. The fourth-order valence-corrected chi connectivity index (χ4v) is 2.49. The molecule has 0 saturated carbocycles. The van der Waals surface area contributed by atoms with Gasteiger partial charge in [0.15, 0.2) is 0 Å². The normalized spacial score (nSPS) is 18.0. The van der Waals surface area contributed by atoms with Crippen LogP contribution >= 0.6 is 0 Å². The van der Waals surface area contributed by atoms with Crippen molar-refractivity contribution in [1.82, 2.24) is 10.2 Å². The van der Waals surface area contributed by atoms with Gasteiger partial charge >= 0.3 is 12.1 Å². The first-order valence-electron chi connectivity index (χ1n) is 8.06. The van der Waals surface area contributed by atoms with Crippen LogP contribution in [-0.4, -0.2) is 55.3 Å². The molecule has 1 saturated heterocycles. The second kappa shape index (κ2) is 8.36. The Balaban J connectivity index is 2.33. The van der Waals surface area contributed by atoms with Crippen molar-refractivity contribution in [3.05, 3.63) is 0 Å². The summed E-state index contributed by atoms with van der Waals surface area (Å²) < 4.78 is 10.2. The van der Waals surface area contributed by atoms with E-state index in [0.717, 1.165) is 19.4 Å². The van der Waals surface area contributed by atoms with Gasteiger partial charge in [-0.15, -0.1) is 0 Å². The summed E-state index contributed by atoms with van der Waals surface area (Å²) in [7, 11) is 1.41. The maximum Gasteiger partial charge on any atom is 0.410 e. The molecule has 6 heteroatoms. The molecule has 0 aromatic heterocycles. The van der Waals surface area contributed by atoms with Crippen LogP contribution in [-0.2, 0) is 14.3 Å². The van der Waals surface area contributed by atoms with Crippen molar-refractivity contribution in [2.45, 2.75) is 58.6 Å². The van der Waals surface area contributed by atoms with E-state index < -0.39 is 5.60 Å². The van der Waals surface area contributed by atoms with E-state index in [2.05, 4.69) is 5.32 Å². The molecule has 1 aliphatic rings. The molecule has 0 spiro atoms. The molecule has 0 aromatic carbocycles. The van der Waals surface area contributed by atoms with Crippen molar-refractivity contribution in [2.75, 3.05) is 26.7 Å². The number of nitrogens with zero attached hydrogens (tertiary/aromatic N) is 1. The first-order chi connectivity index (χ1) is 10.3. The van der Waals surface area contributed by atoms with Crippen LogP contribution in [0.1, 0.15) is 47.0 Å². The zero-order chi connectivity index (χ0) is 16.8. The van der Waals surface area contributed by atoms with Crippen molar-refractivity contribution >= 4 is 12.1 Å². The van der Waals surface area contributed by atoms with Crippen LogP contribution in [0.3, 0.4) is 0 Å². The summed E-state index contributed by atoms with van der Waals surface area (Å²) in [6, 6.07) is -0.242. The molecule has 6 nitrogen and oxygen atoms in total. The Bertz CT molecular complexity index is 371. The summed E-state index contributed by atoms with van der Waals surface area (Å²) in [4.78, 5) is 25.3. The summed E-state index contributed by atoms with van der Waals surface area (Å²) in [5.74, 6) is 0.256. The summed E-state index contributed by atoms with van der Waals surface area (Å²) in [5.41, 5.74) is -0.454. The van der Waals surface area contributed by atoms with Crippen molar-refractivity contribution < 1.29 is 19.1 Å². The lowest BCUT2D eigenvalue weighted by Crippen LogP contribution is -2.45. The standard InChI is InChI=1S/C16H30N2O4/c1-6-13(14(19)21-5)17-11-12-7-9-18(10-8-12)15(20)22-16(2,3)4/h12-13,17H,6-11H2,1-5H3. The number of carbonyl (C=O) groups excluding carboxylic acids is 2. The van der Waals surface area contributed by atoms with Gasteiger partial charge in [0.2, 0.25) is 0 Å². The minimum absolute atomic E-state index is 0.214. The largest absolute Gasteiger partial charge is 0.468 e. The molecule has 128 valence electrons. The highest BCUT2D eigenvalue weighted by molar-refractivity contribution is 5.75. The summed E-state index contributed by atoms with van der Waals surface area (Å²) >= 11 is 0. The Kier molecular flexibility index (Phi) is 7.13. The molecular weight excluding hydrogens is 284 g/mol. The van der Waals surface area contributed by atoms with Crippen LogP contribution in [0.5, 0.6) is 0 Å². The molecule has 0 aromatic rings. The fraction of sp³-hybridized carbons (Fsp3) is 0.875. The van der Waals surface area contributed by atoms with Crippen molar-refractivity contribution in [3.63, 3.8) is 0 Å². The molecule has 0 radical (unpaired) electrons. The van der Waals surface area contributed by atoms with Gasteiger partial charge in [0.25, 0.3) is 0 Å². The van der Waals surface area contributed by atoms with Crippen LogP contribution in [0.2, 0.25) is 0 Å².